The molecule has 1 nitrogen and oxygen atoms in total. The highest BCUT2D eigenvalue weighted by molar-refractivity contribution is 5.35. The Morgan fingerprint density at radius 1 is 1.06 bits per heavy atom. The van der Waals surface area contributed by atoms with E-state index < -0.39 is 17.3 Å². The van der Waals surface area contributed by atoms with Crippen LogP contribution in [-0.2, 0) is 5.54 Å². The Bertz CT molecular complexity index is 405. The zero-order valence-corrected chi connectivity index (χ0v) is 10.2. The second-order valence-corrected chi connectivity index (χ2v) is 5.48. The summed E-state index contributed by atoms with van der Waals surface area (Å²) in [6.45, 7) is 5.47. The normalized spacial score (nSPS) is 29.2. The van der Waals surface area contributed by atoms with Crippen molar-refractivity contribution in [2.75, 3.05) is 6.54 Å². The van der Waals surface area contributed by atoms with Crippen LogP contribution in [0.5, 0.6) is 0 Å². The molecule has 4 heteroatoms. The van der Waals surface area contributed by atoms with Gasteiger partial charge in [-0.1, -0.05) is 30.3 Å². The molecule has 1 aromatic rings. The van der Waals surface area contributed by atoms with E-state index in [1.807, 2.05) is 20.8 Å². The van der Waals surface area contributed by atoms with E-state index in [0.29, 0.717) is 5.56 Å². The summed E-state index contributed by atoms with van der Waals surface area (Å²) in [7, 11) is 0. The molecule has 2 rings (SSSR count). The smallest absolute Gasteiger partial charge is 0.277 e. The highest BCUT2D eigenvalue weighted by Crippen LogP contribution is 2.57. The molecule has 1 aliphatic rings. The average Bonchev–Trinajstić information content (AvgIpc) is 2.93. The Kier molecular flexibility index (Phi) is 2.54. The summed E-state index contributed by atoms with van der Waals surface area (Å²) in [4.78, 5) is 1.50. The molecule has 0 bridgehead atoms. The van der Waals surface area contributed by atoms with E-state index in [1.54, 1.807) is 30.3 Å². The lowest BCUT2D eigenvalue weighted by molar-refractivity contribution is -0.178. The van der Waals surface area contributed by atoms with Gasteiger partial charge in [-0.15, -0.1) is 0 Å². The van der Waals surface area contributed by atoms with Crippen LogP contribution in [0, 0.1) is 0 Å². The number of halogens is 3. The largest absolute Gasteiger partial charge is 0.412 e. The fraction of sp³-hybridized carbons (Fsp3) is 0.538. The highest BCUT2D eigenvalue weighted by Gasteiger charge is 2.72. The van der Waals surface area contributed by atoms with Gasteiger partial charge in [0.15, 0.2) is 5.54 Å². The van der Waals surface area contributed by atoms with Crippen molar-refractivity contribution in [2.24, 2.45) is 0 Å². The molecule has 2 atom stereocenters. The molecule has 1 aliphatic heterocycles. The molecule has 0 radical (unpaired) electrons. The number of rotatable bonds is 1. The fourth-order valence-corrected chi connectivity index (χ4v) is 2.37. The van der Waals surface area contributed by atoms with Gasteiger partial charge < -0.3 is 0 Å². The minimum atomic E-state index is -4.23. The van der Waals surface area contributed by atoms with Crippen LogP contribution in [0.1, 0.15) is 26.3 Å². The molecule has 1 saturated heterocycles. The van der Waals surface area contributed by atoms with E-state index in [1.165, 1.54) is 4.90 Å². The van der Waals surface area contributed by atoms with Crippen LogP contribution in [0.15, 0.2) is 30.3 Å². The van der Waals surface area contributed by atoms with E-state index in [2.05, 4.69) is 0 Å². The summed E-state index contributed by atoms with van der Waals surface area (Å²) < 4.78 is 40.0. The van der Waals surface area contributed by atoms with Crippen LogP contribution in [0.3, 0.4) is 0 Å². The minimum absolute atomic E-state index is 0.0456. The lowest BCUT2D eigenvalue weighted by atomic mass is 9.96. The molecular formula is C13H16F3N. The average molecular weight is 243 g/mol. The maximum atomic E-state index is 13.3. The molecule has 1 aromatic carbocycles. The first-order chi connectivity index (χ1) is 7.69. The standard InChI is InChI=1S/C13H16F3N/c1-11(2,3)17-9-12(17,13(14,15)16)10-7-5-4-6-8-10/h4-8H,9H2,1-3H3. The molecule has 0 aliphatic carbocycles. The van der Waals surface area contributed by atoms with Gasteiger partial charge in [-0.2, -0.15) is 13.2 Å². The Balaban J connectivity index is 2.44. The van der Waals surface area contributed by atoms with Gasteiger partial charge in [0.1, 0.15) is 0 Å². The van der Waals surface area contributed by atoms with Crippen LogP contribution in [0.4, 0.5) is 13.2 Å². The van der Waals surface area contributed by atoms with E-state index in [4.69, 9.17) is 0 Å². The summed E-state index contributed by atoms with van der Waals surface area (Å²) >= 11 is 0. The minimum Gasteiger partial charge on any atom is -0.277 e. The Labute approximate surface area is 99.2 Å². The Hall–Kier alpha value is -1.03. The first kappa shape index (κ1) is 12.4. The first-order valence-electron chi connectivity index (χ1n) is 5.59. The van der Waals surface area contributed by atoms with Crippen molar-refractivity contribution >= 4 is 0 Å². The van der Waals surface area contributed by atoms with Gasteiger partial charge in [0.25, 0.3) is 0 Å². The van der Waals surface area contributed by atoms with Crippen LogP contribution in [0.2, 0.25) is 0 Å². The van der Waals surface area contributed by atoms with Crippen molar-refractivity contribution in [3.8, 4) is 0 Å². The topological polar surface area (TPSA) is 3.01 Å². The van der Waals surface area contributed by atoms with E-state index in [-0.39, 0.29) is 6.54 Å². The summed E-state index contributed by atoms with van der Waals surface area (Å²) in [5.41, 5.74) is -1.93. The number of alkyl halides is 3. The van der Waals surface area contributed by atoms with Crippen LogP contribution in [-0.4, -0.2) is 23.2 Å². The third-order valence-corrected chi connectivity index (χ3v) is 3.27. The lowest BCUT2D eigenvalue weighted by Gasteiger charge is -2.29. The number of nitrogens with zero attached hydrogens (tertiary/aromatic N) is 1. The zero-order valence-electron chi connectivity index (χ0n) is 10.2. The van der Waals surface area contributed by atoms with Crippen LogP contribution < -0.4 is 0 Å². The maximum Gasteiger partial charge on any atom is 0.412 e. The molecule has 2 unspecified atom stereocenters. The van der Waals surface area contributed by atoms with Crippen molar-refractivity contribution in [1.82, 2.24) is 4.90 Å². The van der Waals surface area contributed by atoms with Crippen molar-refractivity contribution < 1.29 is 13.2 Å². The molecule has 0 aromatic heterocycles. The van der Waals surface area contributed by atoms with Crippen LogP contribution in [0.25, 0.3) is 0 Å². The molecule has 0 spiro atoms. The maximum absolute atomic E-state index is 13.3. The third kappa shape index (κ3) is 1.84. The van der Waals surface area contributed by atoms with E-state index in [9.17, 15) is 13.2 Å². The SMILES string of the molecule is CC(C)(C)N1CC1(c1ccccc1)C(F)(F)F. The highest BCUT2D eigenvalue weighted by atomic mass is 19.4. The predicted molar refractivity (Wildman–Crippen MR) is 60.6 cm³/mol. The zero-order chi connectivity index (χ0) is 12.9. The lowest BCUT2D eigenvalue weighted by Crippen LogP contribution is -2.40. The van der Waals surface area contributed by atoms with Crippen molar-refractivity contribution in [1.29, 1.82) is 0 Å². The summed E-state index contributed by atoms with van der Waals surface area (Å²) in [5, 5.41) is 0. The number of benzene rings is 1. The summed E-state index contributed by atoms with van der Waals surface area (Å²) in [5.74, 6) is 0. The molecule has 17 heavy (non-hydrogen) atoms. The van der Waals surface area contributed by atoms with Gasteiger partial charge in [0, 0.05) is 12.1 Å². The van der Waals surface area contributed by atoms with Gasteiger partial charge in [-0.25, -0.2) is 0 Å². The first-order valence-corrected chi connectivity index (χ1v) is 5.59. The van der Waals surface area contributed by atoms with Gasteiger partial charge in [0.2, 0.25) is 0 Å². The Morgan fingerprint density at radius 2 is 1.59 bits per heavy atom. The van der Waals surface area contributed by atoms with Crippen molar-refractivity contribution in [3.63, 3.8) is 0 Å². The van der Waals surface area contributed by atoms with Gasteiger partial charge >= 0.3 is 6.18 Å². The van der Waals surface area contributed by atoms with E-state index in [0.717, 1.165) is 0 Å². The number of hydrogen-bond acceptors (Lipinski definition) is 1. The Morgan fingerprint density at radius 3 is 1.94 bits per heavy atom. The van der Waals surface area contributed by atoms with E-state index >= 15 is 0 Å². The molecule has 1 fully saturated rings. The summed E-state index contributed by atoms with van der Waals surface area (Å²) in [6.07, 6.45) is -4.23. The van der Waals surface area contributed by atoms with Crippen molar-refractivity contribution in [3.05, 3.63) is 35.9 Å². The molecule has 0 N–H and O–H groups in total. The third-order valence-electron chi connectivity index (χ3n) is 3.27. The van der Waals surface area contributed by atoms with Crippen molar-refractivity contribution in [2.45, 2.75) is 38.0 Å². The molecule has 1 heterocycles. The number of hydrogen-bond donors (Lipinski definition) is 0. The summed E-state index contributed by atoms with van der Waals surface area (Å²) in [6, 6.07) is 8.15. The monoisotopic (exact) mass is 243 g/mol. The van der Waals surface area contributed by atoms with Gasteiger partial charge in [0.05, 0.1) is 0 Å². The van der Waals surface area contributed by atoms with Gasteiger partial charge in [-0.3, -0.25) is 4.90 Å². The quantitative estimate of drug-likeness (QED) is 0.681. The second-order valence-electron chi connectivity index (χ2n) is 5.48. The fourth-order valence-electron chi connectivity index (χ4n) is 2.37. The molecule has 0 saturated carbocycles. The predicted octanol–water partition coefficient (Wildman–Crippen LogP) is 3.56. The molecular weight excluding hydrogens is 227 g/mol. The molecule has 0 amide bonds. The van der Waals surface area contributed by atoms with Gasteiger partial charge in [-0.05, 0) is 26.3 Å². The second kappa shape index (κ2) is 3.48. The van der Waals surface area contributed by atoms with Crippen LogP contribution >= 0.6 is 0 Å². The molecule has 94 valence electrons.